The first-order valence-corrected chi connectivity index (χ1v) is 5.19. The molecule has 0 saturated carbocycles. The molecule has 2 N–H and O–H groups in total. The van der Waals surface area contributed by atoms with Crippen LogP contribution in [-0.2, 0) is 4.74 Å². The van der Waals surface area contributed by atoms with Gasteiger partial charge in [0.25, 0.3) is 0 Å². The predicted molar refractivity (Wildman–Crippen MR) is 61.2 cm³/mol. The fraction of sp³-hybridized carbons (Fsp3) is 0.500. The van der Waals surface area contributed by atoms with Gasteiger partial charge in [0.05, 0.1) is 13.2 Å². The third kappa shape index (κ3) is 2.94. The van der Waals surface area contributed by atoms with Crippen molar-refractivity contribution in [1.82, 2.24) is 0 Å². The molecule has 0 aliphatic carbocycles. The zero-order chi connectivity index (χ0) is 11.3. The molecule has 1 aromatic rings. The molecule has 0 radical (unpaired) electrons. The summed E-state index contributed by atoms with van der Waals surface area (Å²) in [7, 11) is 1.67. The van der Waals surface area contributed by atoms with Crippen molar-refractivity contribution in [3.05, 3.63) is 29.3 Å². The molecule has 0 heterocycles. The summed E-state index contributed by atoms with van der Waals surface area (Å²) in [6.45, 7) is 5.16. The summed E-state index contributed by atoms with van der Waals surface area (Å²) in [5.74, 6) is 0.894. The summed E-state index contributed by atoms with van der Waals surface area (Å²) >= 11 is 0. The quantitative estimate of drug-likeness (QED) is 0.807. The first-order valence-electron chi connectivity index (χ1n) is 5.19. The second kappa shape index (κ2) is 5.73. The van der Waals surface area contributed by atoms with Gasteiger partial charge in [-0.25, -0.2) is 0 Å². The number of rotatable bonds is 5. The van der Waals surface area contributed by atoms with Gasteiger partial charge in [-0.15, -0.1) is 0 Å². The first kappa shape index (κ1) is 12.0. The van der Waals surface area contributed by atoms with Gasteiger partial charge in [-0.05, 0) is 37.1 Å². The van der Waals surface area contributed by atoms with Crippen LogP contribution in [0.1, 0.15) is 24.2 Å². The Morgan fingerprint density at radius 2 is 2.13 bits per heavy atom. The van der Waals surface area contributed by atoms with Gasteiger partial charge in [-0.2, -0.15) is 0 Å². The lowest BCUT2D eigenvalue weighted by Gasteiger charge is -2.16. The SMILES string of the molecule is CCOC(CN)c1ccc(OC)c(C)c1. The minimum atomic E-state index is -0.0143. The van der Waals surface area contributed by atoms with E-state index in [1.54, 1.807) is 7.11 Å². The highest BCUT2D eigenvalue weighted by Crippen LogP contribution is 2.23. The summed E-state index contributed by atoms with van der Waals surface area (Å²) in [4.78, 5) is 0. The lowest BCUT2D eigenvalue weighted by Crippen LogP contribution is -2.15. The largest absolute Gasteiger partial charge is 0.496 e. The molecule has 1 unspecified atom stereocenters. The summed E-state index contributed by atoms with van der Waals surface area (Å²) in [6, 6.07) is 6.01. The number of nitrogens with two attached hydrogens (primary N) is 1. The van der Waals surface area contributed by atoms with Crippen LogP contribution in [0.3, 0.4) is 0 Å². The van der Waals surface area contributed by atoms with Crippen LogP contribution in [0.5, 0.6) is 5.75 Å². The van der Waals surface area contributed by atoms with Gasteiger partial charge < -0.3 is 15.2 Å². The van der Waals surface area contributed by atoms with Crippen LogP contribution >= 0.6 is 0 Å². The van der Waals surface area contributed by atoms with Crippen molar-refractivity contribution in [1.29, 1.82) is 0 Å². The van der Waals surface area contributed by atoms with E-state index < -0.39 is 0 Å². The molecule has 0 aliphatic heterocycles. The van der Waals surface area contributed by atoms with Gasteiger partial charge in [-0.1, -0.05) is 6.07 Å². The Labute approximate surface area is 91.2 Å². The third-order valence-corrected chi connectivity index (χ3v) is 2.37. The van der Waals surface area contributed by atoms with Crippen LogP contribution < -0.4 is 10.5 Å². The summed E-state index contributed by atoms with van der Waals surface area (Å²) in [5, 5.41) is 0. The van der Waals surface area contributed by atoms with E-state index in [1.165, 1.54) is 0 Å². The van der Waals surface area contributed by atoms with Gasteiger partial charge in [-0.3, -0.25) is 0 Å². The Hall–Kier alpha value is -1.06. The van der Waals surface area contributed by atoms with E-state index in [0.29, 0.717) is 13.2 Å². The van der Waals surface area contributed by atoms with Crippen molar-refractivity contribution < 1.29 is 9.47 Å². The molecule has 3 nitrogen and oxygen atoms in total. The van der Waals surface area contributed by atoms with Crippen molar-refractivity contribution in [3.8, 4) is 5.75 Å². The van der Waals surface area contributed by atoms with Crippen molar-refractivity contribution >= 4 is 0 Å². The Morgan fingerprint density at radius 3 is 2.60 bits per heavy atom. The maximum atomic E-state index is 5.66. The van der Waals surface area contributed by atoms with E-state index in [2.05, 4.69) is 6.07 Å². The molecule has 0 aliphatic rings. The van der Waals surface area contributed by atoms with Crippen LogP contribution in [-0.4, -0.2) is 20.3 Å². The van der Waals surface area contributed by atoms with Crippen LogP contribution in [0.25, 0.3) is 0 Å². The van der Waals surface area contributed by atoms with E-state index in [1.807, 2.05) is 26.0 Å². The molecule has 1 rings (SSSR count). The van der Waals surface area contributed by atoms with E-state index >= 15 is 0 Å². The van der Waals surface area contributed by atoms with Crippen molar-refractivity contribution in [2.24, 2.45) is 5.73 Å². The van der Waals surface area contributed by atoms with E-state index in [0.717, 1.165) is 16.9 Å². The predicted octanol–water partition coefficient (Wildman–Crippen LogP) is 2.04. The number of ether oxygens (including phenoxy) is 2. The lowest BCUT2D eigenvalue weighted by atomic mass is 10.1. The monoisotopic (exact) mass is 209 g/mol. The van der Waals surface area contributed by atoms with Gasteiger partial charge in [0.2, 0.25) is 0 Å². The average molecular weight is 209 g/mol. The lowest BCUT2D eigenvalue weighted by molar-refractivity contribution is 0.0688. The summed E-state index contributed by atoms with van der Waals surface area (Å²) in [5.41, 5.74) is 7.87. The molecular formula is C12H19NO2. The van der Waals surface area contributed by atoms with Gasteiger partial charge in [0.15, 0.2) is 0 Å². The van der Waals surface area contributed by atoms with Gasteiger partial charge in [0, 0.05) is 13.2 Å². The number of methoxy groups -OCH3 is 1. The molecule has 0 spiro atoms. The van der Waals surface area contributed by atoms with Gasteiger partial charge in [0.1, 0.15) is 5.75 Å². The standard InChI is InChI=1S/C12H19NO2/c1-4-15-12(8-13)10-5-6-11(14-3)9(2)7-10/h5-7,12H,4,8,13H2,1-3H3. The number of aryl methyl sites for hydroxylation is 1. The second-order valence-electron chi connectivity index (χ2n) is 3.41. The zero-order valence-corrected chi connectivity index (χ0v) is 9.62. The topological polar surface area (TPSA) is 44.5 Å². The molecule has 0 aromatic heterocycles. The number of hydrogen-bond acceptors (Lipinski definition) is 3. The summed E-state index contributed by atoms with van der Waals surface area (Å²) in [6.07, 6.45) is -0.0143. The molecule has 1 aromatic carbocycles. The minimum absolute atomic E-state index is 0.0143. The Balaban J connectivity index is 2.89. The Kier molecular flexibility index (Phi) is 4.59. The average Bonchev–Trinajstić information content (AvgIpc) is 2.25. The minimum Gasteiger partial charge on any atom is -0.496 e. The highest BCUT2D eigenvalue weighted by molar-refractivity contribution is 5.37. The molecule has 0 saturated heterocycles. The van der Waals surface area contributed by atoms with Crippen LogP contribution in [0, 0.1) is 6.92 Å². The van der Waals surface area contributed by atoms with Crippen LogP contribution in [0.2, 0.25) is 0 Å². The Bertz CT molecular complexity index is 312. The summed E-state index contributed by atoms with van der Waals surface area (Å²) < 4.78 is 10.7. The number of hydrogen-bond donors (Lipinski definition) is 1. The fourth-order valence-electron chi connectivity index (χ4n) is 1.60. The van der Waals surface area contributed by atoms with E-state index in [4.69, 9.17) is 15.2 Å². The van der Waals surface area contributed by atoms with Crippen LogP contribution in [0.4, 0.5) is 0 Å². The van der Waals surface area contributed by atoms with E-state index in [9.17, 15) is 0 Å². The highest BCUT2D eigenvalue weighted by atomic mass is 16.5. The molecule has 0 bridgehead atoms. The van der Waals surface area contributed by atoms with E-state index in [-0.39, 0.29) is 6.10 Å². The molecule has 0 fully saturated rings. The highest BCUT2D eigenvalue weighted by Gasteiger charge is 2.10. The first-order chi connectivity index (χ1) is 7.22. The normalized spacial score (nSPS) is 12.5. The fourth-order valence-corrected chi connectivity index (χ4v) is 1.60. The second-order valence-corrected chi connectivity index (χ2v) is 3.41. The maximum Gasteiger partial charge on any atom is 0.121 e. The number of benzene rings is 1. The maximum absolute atomic E-state index is 5.66. The third-order valence-electron chi connectivity index (χ3n) is 2.37. The van der Waals surface area contributed by atoms with Gasteiger partial charge >= 0.3 is 0 Å². The molecule has 1 atom stereocenters. The zero-order valence-electron chi connectivity index (χ0n) is 9.62. The Morgan fingerprint density at radius 1 is 1.40 bits per heavy atom. The van der Waals surface area contributed by atoms with Crippen molar-refractivity contribution in [2.75, 3.05) is 20.3 Å². The van der Waals surface area contributed by atoms with Crippen LogP contribution in [0.15, 0.2) is 18.2 Å². The molecular weight excluding hydrogens is 190 g/mol. The van der Waals surface area contributed by atoms with Crippen molar-refractivity contribution in [3.63, 3.8) is 0 Å². The van der Waals surface area contributed by atoms with Crippen molar-refractivity contribution in [2.45, 2.75) is 20.0 Å². The smallest absolute Gasteiger partial charge is 0.121 e. The molecule has 0 amide bonds. The molecule has 84 valence electrons. The molecule has 15 heavy (non-hydrogen) atoms. The molecule has 3 heteroatoms.